The molecule has 0 atom stereocenters. The maximum absolute atomic E-state index is 2.42. The summed E-state index contributed by atoms with van der Waals surface area (Å²) >= 11 is 0. The van der Waals surface area contributed by atoms with Gasteiger partial charge in [-0.2, -0.15) is 0 Å². The van der Waals surface area contributed by atoms with Gasteiger partial charge in [0.15, 0.2) is 0 Å². The van der Waals surface area contributed by atoms with Crippen LogP contribution in [-0.2, 0) is 0 Å². The van der Waals surface area contributed by atoms with Crippen LogP contribution in [0.3, 0.4) is 0 Å². The van der Waals surface area contributed by atoms with Crippen molar-refractivity contribution in [3.05, 3.63) is 41.2 Å². The van der Waals surface area contributed by atoms with E-state index in [1.807, 2.05) is 0 Å². The zero-order valence-corrected chi connectivity index (χ0v) is 13.4. The lowest BCUT2D eigenvalue weighted by molar-refractivity contribution is 0.389. The van der Waals surface area contributed by atoms with E-state index in [-0.39, 0.29) is 0 Å². The van der Waals surface area contributed by atoms with Crippen LogP contribution in [0.25, 0.3) is 0 Å². The summed E-state index contributed by atoms with van der Waals surface area (Å²) in [5.41, 5.74) is 5.48. The van der Waals surface area contributed by atoms with E-state index in [1.165, 1.54) is 54.6 Å². The molecule has 2 rings (SSSR count). The van der Waals surface area contributed by atoms with Crippen molar-refractivity contribution < 1.29 is 0 Å². The largest absolute Gasteiger partial charge is 0.358 e. The molecule has 0 unspecified atom stereocenters. The van der Waals surface area contributed by atoms with Crippen molar-refractivity contribution in [3.63, 3.8) is 0 Å². The second-order valence-electron chi connectivity index (χ2n) is 6.03. The lowest BCUT2D eigenvalue weighted by Crippen LogP contribution is -2.26. The summed E-state index contributed by atoms with van der Waals surface area (Å²) in [4.78, 5) is 4.80. The molecule has 2 nitrogen and oxygen atoms in total. The average Bonchev–Trinajstić information content (AvgIpc) is 2.82. The van der Waals surface area contributed by atoms with Crippen LogP contribution in [0.2, 0.25) is 0 Å². The SMILES string of the molecule is CCCCCCN1C=CN(c2c(C)cc(C)cc2C)C1. The highest BCUT2D eigenvalue weighted by Crippen LogP contribution is 2.28. The molecular weight excluding hydrogens is 244 g/mol. The number of hydrogen-bond donors (Lipinski definition) is 0. The highest BCUT2D eigenvalue weighted by molar-refractivity contribution is 5.62. The molecule has 110 valence electrons. The van der Waals surface area contributed by atoms with E-state index < -0.39 is 0 Å². The monoisotopic (exact) mass is 272 g/mol. The second-order valence-corrected chi connectivity index (χ2v) is 6.03. The van der Waals surface area contributed by atoms with E-state index in [9.17, 15) is 0 Å². The first-order valence-electron chi connectivity index (χ1n) is 7.88. The van der Waals surface area contributed by atoms with Crippen molar-refractivity contribution >= 4 is 5.69 Å². The normalized spacial score (nSPS) is 14.4. The van der Waals surface area contributed by atoms with Crippen LogP contribution in [0.1, 0.15) is 49.3 Å². The Morgan fingerprint density at radius 3 is 2.30 bits per heavy atom. The molecule has 0 aromatic heterocycles. The molecular formula is C18H28N2. The van der Waals surface area contributed by atoms with Crippen LogP contribution < -0.4 is 4.90 Å². The van der Waals surface area contributed by atoms with E-state index in [0.29, 0.717) is 0 Å². The quantitative estimate of drug-likeness (QED) is 0.690. The molecule has 0 saturated heterocycles. The predicted octanol–water partition coefficient (Wildman–Crippen LogP) is 4.74. The molecule has 1 aliphatic heterocycles. The molecule has 1 heterocycles. The molecule has 1 aromatic carbocycles. The van der Waals surface area contributed by atoms with E-state index in [4.69, 9.17) is 0 Å². The Bertz CT molecular complexity index is 453. The molecule has 0 N–H and O–H groups in total. The summed E-state index contributed by atoms with van der Waals surface area (Å²) in [5, 5.41) is 0. The van der Waals surface area contributed by atoms with Crippen LogP contribution in [0, 0.1) is 20.8 Å². The number of benzene rings is 1. The number of unbranched alkanes of at least 4 members (excludes halogenated alkanes) is 3. The first-order chi connectivity index (χ1) is 9.61. The molecule has 1 aromatic rings. The zero-order valence-electron chi connectivity index (χ0n) is 13.4. The topological polar surface area (TPSA) is 6.48 Å². The third-order valence-electron chi connectivity index (χ3n) is 4.01. The fraction of sp³-hybridized carbons (Fsp3) is 0.556. The standard InChI is InChI=1S/C18H28N2/c1-5-6-7-8-9-19-10-11-20(14-19)18-16(3)12-15(2)13-17(18)4/h10-13H,5-9,14H2,1-4H3. The summed E-state index contributed by atoms with van der Waals surface area (Å²) in [6.45, 7) is 11.0. The van der Waals surface area contributed by atoms with E-state index in [0.717, 1.165) is 6.67 Å². The van der Waals surface area contributed by atoms with Crippen molar-refractivity contribution in [3.8, 4) is 0 Å². The first kappa shape index (κ1) is 15.0. The van der Waals surface area contributed by atoms with Gasteiger partial charge in [-0.05, 0) is 38.3 Å². The van der Waals surface area contributed by atoms with Gasteiger partial charge in [-0.15, -0.1) is 0 Å². The van der Waals surface area contributed by atoms with Gasteiger partial charge in [-0.1, -0.05) is 43.9 Å². The molecule has 0 bridgehead atoms. The predicted molar refractivity (Wildman–Crippen MR) is 88.0 cm³/mol. The lowest BCUT2D eigenvalue weighted by atomic mass is 10.0. The van der Waals surface area contributed by atoms with E-state index >= 15 is 0 Å². The molecule has 0 radical (unpaired) electrons. The zero-order chi connectivity index (χ0) is 14.5. The number of aryl methyl sites for hydroxylation is 3. The van der Waals surface area contributed by atoms with Crippen LogP contribution >= 0.6 is 0 Å². The first-order valence-corrected chi connectivity index (χ1v) is 7.88. The minimum Gasteiger partial charge on any atom is -0.358 e. The third kappa shape index (κ3) is 3.56. The highest BCUT2D eigenvalue weighted by Gasteiger charge is 2.17. The Labute approximate surface area is 124 Å². The Morgan fingerprint density at radius 2 is 1.65 bits per heavy atom. The maximum atomic E-state index is 2.42. The average molecular weight is 272 g/mol. The van der Waals surface area contributed by atoms with E-state index in [2.05, 4.69) is 62.0 Å². The molecule has 20 heavy (non-hydrogen) atoms. The van der Waals surface area contributed by atoms with Gasteiger partial charge >= 0.3 is 0 Å². The van der Waals surface area contributed by atoms with Gasteiger partial charge in [0.1, 0.15) is 0 Å². The van der Waals surface area contributed by atoms with Gasteiger partial charge in [0, 0.05) is 24.6 Å². The number of nitrogens with zero attached hydrogens (tertiary/aromatic N) is 2. The lowest BCUT2D eigenvalue weighted by Gasteiger charge is -2.24. The summed E-state index contributed by atoms with van der Waals surface area (Å²) in [7, 11) is 0. The smallest absolute Gasteiger partial charge is 0.0942 e. The summed E-state index contributed by atoms with van der Waals surface area (Å²) in [6.07, 6.45) is 9.79. The van der Waals surface area contributed by atoms with Crippen molar-refractivity contribution in [2.75, 3.05) is 18.1 Å². The van der Waals surface area contributed by atoms with Crippen LogP contribution in [-0.4, -0.2) is 18.1 Å². The minimum atomic E-state index is 0.997. The van der Waals surface area contributed by atoms with Crippen molar-refractivity contribution in [1.29, 1.82) is 0 Å². The molecule has 0 fully saturated rings. The number of rotatable bonds is 6. The van der Waals surface area contributed by atoms with Gasteiger partial charge in [0.2, 0.25) is 0 Å². The van der Waals surface area contributed by atoms with Gasteiger partial charge in [0.25, 0.3) is 0 Å². The highest BCUT2D eigenvalue weighted by atomic mass is 15.3. The summed E-state index contributed by atoms with van der Waals surface area (Å²) in [6, 6.07) is 4.56. The summed E-state index contributed by atoms with van der Waals surface area (Å²) < 4.78 is 0. The second kappa shape index (κ2) is 6.83. The third-order valence-corrected chi connectivity index (χ3v) is 4.01. The molecule has 0 spiro atoms. The van der Waals surface area contributed by atoms with Crippen molar-refractivity contribution in [1.82, 2.24) is 4.90 Å². The van der Waals surface area contributed by atoms with Crippen LogP contribution in [0.15, 0.2) is 24.5 Å². The fourth-order valence-electron chi connectivity index (χ4n) is 3.12. The Kier molecular flexibility index (Phi) is 5.11. The van der Waals surface area contributed by atoms with Crippen molar-refractivity contribution in [2.24, 2.45) is 0 Å². The maximum Gasteiger partial charge on any atom is 0.0942 e. The molecule has 1 aliphatic rings. The number of anilines is 1. The number of hydrogen-bond acceptors (Lipinski definition) is 2. The molecule has 2 heteroatoms. The molecule has 0 saturated carbocycles. The Morgan fingerprint density at radius 1 is 0.950 bits per heavy atom. The summed E-state index contributed by atoms with van der Waals surface area (Å²) in [5.74, 6) is 0. The van der Waals surface area contributed by atoms with Gasteiger partial charge in [-0.3, -0.25) is 0 Å². The van der Waals surface area contributed by atoms with Crippen LogP contribution in [0.4, 0.5) is 5.69 Å². The minimum absolute atomic E-state index is 0.997. The Balaban J connectivity index is 1.95. The molecule has 0 amide bonds. The van der Waals surface area contributed by atoms with Crippen molar-refractivity contribution in [2.45, 2.75) is 53.4 Å². The van der Waals surface area contributed by atoms with Gasteiger partial charge < -0.3 is 9.80 Å². The molecule has 0 aliphatic carbocycles. The van der Waals surface area contributed by atoms with Gasteiger partial charge in [-0.25, -0.2) is 0 Å². The fourth-order valence-corrected chi connectivity index (χ4v) is 3.12. The Hall–Kier alpha value is -1.44. The van der Waals surface area contributed by atoms with E-state index in [1.54, 1.807) is 0 Å². The van der Waals surface area contributed by atoms with Crippen LogP contribution in [0.5, 0.6) is 0 Å². The van der Waals surface area contributed by atoms with Gasteiger partial charge in [0.05, 0.1) is 6.67 Å².